The molecule has 1 N–H and O–H groups in total. The van der Waals surface area contributed by atoms with E-state index in [4.69, 9.17) is 5.11 Å². The zero-order valence-corrected chi connectivity index (χ0v) is 8.08. The number of aliphatic hydroxyl groups is 1. The van der Waals surface area contributed by atoms with Crippen molar-refractivity contribution < 1.29 is 5.11 Å². The molecule has 0 aliphatic rings. The van der Waals surface area contributed by atoms with Gasteiger partial charge in [-0.15, -0.1) is 0 Å². The zero-order valence-electron chi connectivity index (χ0n) is 7.27. The fraction of sp³-hybridized carbons (Fsp3) is 0.222. The summed E-state index contributed by atoms with van der Waals surface area (Å²) >= 11 is 1.65. The van der Waals surface area contributed by atoms with E-state index in [0.29, 0.717) is 0 Å². The van der Waals surface area contributed by atoms with E-state index >= 15 is 0 Å². The van der Waals surface area contributed by atoms with Crippen LogP contribution in [0.1, 0.15) is 5.69 Å². The number of hydrogen-bond acceptors (Lipinski definition) is 3. The maximum atomic E-state index is 8.97. The van der Waals surface area contributed by atoms with Gasteiger partial charge in [0, 0.05) is 18.0 Å². The predicted molar refractivity (Wildman–Crippen MR) is 52.4 cm³/mol. The number of aliphatic hydroxyl groups excluding tert-OH is 1. The van der Waals surface area contributed by atoms with Gasteiger partial charge in [-0.2, -0.15) is 16.4 Å². The molecule has 0 spiro atoms. The van der Waals surface area contributed by atoms with Crippen LogP contribution in [0.3, 0.4) is 0 Å². The molecule has 0 radical (unpaired) electrons. The van der Waals surface area contributed by atoms with Gasteiger partial charge in [0.2, 0.25) is 0 Å². The van der Waals surface area contributed by atoms with Gasteiger partial charge in [-0.25, -0.2) is 0 Å². The number of aryl methyl sites for hydroxylation is 1. The summed E-state index contributed by atoms with van der Waals surface area (Å²) < 4.78 is 1.70. The van der Waals surface area contributed by atoms with Gasteiger partial charge in [-0.1, -0.05) is 0 Å². The normalized spacial score (nSPS) is 10.6. The van der Waals surface area contributed by atoms with Crippen LogP contribution in [0.5, 0.6) is 0 Å². The van der Waals surface area contributed by atoms with E-state index in [2.05, 4.69) is 5.10 Å². The number of aromatic nitrogens is 2. The Labute approximate surface area is 80.3 Å². The Morgan fingerprint density at radius 1 is 1.62 bits per heavy atom. The molecular weight excluding hydrogens is 184 g/mol. The zero-order chi connectivity index (χ0) is 9.26. The standard InChI is InChI=1S/C9H10N2OS/c1-11-8(5-12)4-9(10-11)7-2-3-13-6-7/h2-4,6,12H,5H2,1H3. The molecule has 0 atom stereocenters. The summed E-state index contributed by atoms with van der Waals surface area (Å²) in [5.74, 6) is 0. The predicted octanol–water partition coefficient (Wildman–Crippen LogP) is 1.64. The second-order valence-corrected chi connectivity index (χ2v) is 3.59. The average Bonchev–Trinajstić information content (AvgIpc) is 2.71. The summed E-state index contributed by atoms with van der Waals surface area (Å²) in [5, 5.41) is 17.3. The van der Waals surface area contributed by atoms with Gasteiger partial charge in [0.1, 0.15) is 0 Å². The highest BCUT2D eigenvalue weighted by atomic mass is 32.1. The maximum absolute atomic E-state index is 8.97. The van der Waals surface area contributed by atoms with Crippen LogP contribution in [-0.2, 0) is 13.7 Å². The SMILES string of the molecule is Cn1nc(-c2ccsc2)cc1CO. The molecule has 2 heterocycles. The van der Waals surface area contributed by atoms with Crippen molar-refractivity contribution in [1.29, 1.82) is 0 Å². The summed E-state index contributed by atoms with van der Waals surface area (Å²) in [5.41, 5.74) is 2.87. The van der Waals surface area contributed by atoms with E-state index < -0.39 is 0 Å². The molecule has 2 aromatic rings. The van der Waals surface area contributed by atoms with Crippen LogP contribution in [0, 0.1) is 0 Å². The van der Waals surface area contributed by atoms with Crippen molar-refractivity contribution in [2.45, 2.75) is 6.61 Å². The minimum atomic E-state index is 0.0354. The molecule has 68 valence electrons. The molecular formula is C9H10N2OS. The van der Waals surface area contributed by atoms with Gasteiger partial charge in [0.15, 0.2) is 0 Å². The maximum Gasteiger partial charge on any atom is 0.0935 e. The quantitative estimate of drug-likeness (QED) is 0.789. The van der Waals surface area contributed by atoms with Crippen molar-refractivity contribution in [1.82, 2.24) is 9.78 Å². The first-order valence-electron chi connectivity index (χ1n) is 3.97. The Morgan fingerprint density at radius 2 is 2.46 bits per heavy atom. The van der Waals surface area contributed by atoms with Crippen molar-refractivity contribution in [3.8, 4) is 11.3 Å². The highest BCUT2D eigenvalue weighted by Gasteiger charge is 2.05. The number of hydrogen-bond donors (Lipinski definition) is 1. The van der Waals surface area contributed by atoms with E-state index in [-0.39, 0.29) is 6.61 Å². The van der Waals surface area contributed by atoms with Crippen LogP contribution in [-0.4, -0.2) is 14.9 Å². The molecule has 0 aliphatic carbocycles. The number of rotatable bonds is 2. The molecule has 0 bridgehead atoms. The molecule has 0 saturated heterocycles. The summed E-state index contributed by atoms with van der Waals surface area (Å²) in [6.07, 6.45) is 0. The Morgan fingerprint density at radius 3 is 3.00 bits per heavy atom. The molecule has 0 saturated carbocycles. The van der Waals surface area contributed by atoms with E-state index in [1.165, 1.54) is 0 Å². The molecule has 0 aliphatic heterocycles. The number of thiophene rings is 1. The van der Waals surface area contributed by atoms with E-state index in [9.17, 15) is 0 Å². The lowest BCUT2D eigenvalue weighted by Crippen LogP contribution is -1.96. The van der Waals surface area contributed by atoms with Crippen molar-refractivity contribution in [3.63, 3.8) is 0 Å². The average molecular weight is 194 g/mol. The van der Waals surface area contributed by atoms with E-state index in [0.717, 1.165) is 17.0 Å². The Balaban J connectivity index is 2.43. The van der Waals surface area contributed by atoms with Gasteiger partial charge in [0.05, 0.1) is 18.0 Å². The third kappa shape index (κ3) is 1.50. The number of nitrogens with zero attached hydrogens (tertiary/aromatic N) is 2. The minimum Gasteiger partial charge on any atom is -0.390 e. The fourth-order valence-electron chi connectivity index (χ4n) is 1.21. The molecule has 4 heteroatoms. The Bertz CT molecular complexity index is 392. The van der Waals surface area contributed by atoms with Crippen molar-refractivity contribution >= 4 is 11.3 Å². The van der Waals surface area contributed by atoms with Crippen molar-refractivity contribution in [2.24, 2.45) is 7.05 Å². The van der Waals surface area contributed by atoms with Gasteiger partial charge in [-0.05, 0) is 17.5 Å². The third-order valence-corrected chi connectivity index (χ3v) is 2.64. The minimum absolute atomic E-state index is 0.0354. The summed E-state index contributed by atoms with van der Waals surface area (Å²) in [6.45, 7) is 0.0354. The Hall–Kier alpha value is -1.13. The van der Waals surface area contributed by atoms with Crippen LogP contribution < -0.4 is 0 Å². The summed E-state index contributed by atoms with van der Waals surface area (Å²) in [4.78, 5) is 0. The van der Waals surface area contributed by atoms with Gasteiger partial charge in [-0.3, -0.25) is 4.68 Å². The molecule has 0 fully saturated rings. The summed E-state index contributed by atoms with van der Waals surface area (Å²) in [6, 6.07) is 3.93. The van der Waals surface area contributed by atoms with Crippen LogP contribution in [0.15, 0.2) is 22.9 Å². The van der Waals surface area contributed by atoms with Crippen molar-refractivity contribution in [2.75, 3.05) is 0 Å². The second kappa shape index (κ2) is 3.32. The smallest absolute Gasteiger partial charge is 0.0935 e. The molecule has 0 amide bonds. The molecule has 0 unspecified atom stereocenters. The lowest BCUT2D eigenvalue weighted by molar-refractivity contribution is 0.270. The summed E-state index contributed by atoms with van der Waals surface area (Å²) in [7, 11) is 1.83. The van der Waals surface area contributed by atoms with Crippen LogP contribution >= 0.6 is 11.3 Å². The highest BCUT2D eigenvalue weighted by molar-refractivity contribution is 7.08. The van der Waals surface area contributed by atoms with Crippen LogP contribution in [0.4, 0.5) is 0 Å². The molecule has 2 rings (SSSR count). The van der Waals surface area contributed by atoms with E-state index in [1.54, 1.807) is 16.0 Å². The second-order valence-electron chi connectivity index (χ2n) is 2.81. The van der Waals surface area contributed by atoms with E-state index in [1.807, 2.05) is 29.9 Å². The fourth-order valence-corrected chi connectivity index (χ4v) is 1.85. The van der Waals surface area contributed by atoms with Gasteiger partial charge >= 0.3 is 0 Å². The van der Waals surface area contributed by atoms with Crippen LogP contribution in [0.25, 0.3) is 11.3 Å². The topological polar surface area (TPSA) is 38.0 Å². The first-order chi connectivity index (χ1) is 6.31. The highest BCUT2D eigenvalue weighted by Crippen LogP contribution is 2.21. The lowest BCUT2D eigenvalue weighted by atomic mass is 10.2. The monoisotopic (exact) mass is 194 g/mol. The first-order valence-corrected chi connectivity index (χ1v) is 4.92. The van der Waals surface area contributed by atoms with Crippen molar-refractivity contribution in [3.05, 3.63) is 28.6 Å². The largest absolute Gasteiger partial charge is 0.390 e. The lowest BCUT2D eigenvalue weighted by Gasteiger charge is -1.92. The van der Waals surface area contributed by atoms with Gasteiger partial charge < -0.3 is 5.11 Å². The first kappa shape index (κ1) is 8.47. The van der Waals surface area contributed by atoms with Gasteiger partial charge in [0.25, 0.3) is 0 Å². The van der Waals surface area contributed by atoms with Crippen LogP contribution in [0.2, 0.25) is 0 Å². The third-order valence-electron chi connectivity index (χ3n) is 1.96. The molecule has 3 nitrogen and oxygen atoms in total. The molecule has 0 aromatic carbocycles. The Kier molecular flexibility index (Phi) is 2.16. The molecule has 2 aromatic heterocycles. The molecule has 13 heavy (non-hydrogen) atoms.